The van der Waals surface area contributed by atoms with Crippen molar-refractivity contribution in [1.29, 1.82) is 0 Å². The molecule has 1 rings (SSSR count). The van der Waals surface area contributed by atoms with Crippen LogP contribution in [0.2, 0.25) is 0 Å². The Labute approximate surface area is 114 Å². The monoisotopic (exact) mass is 271 g/mol. The first kappa shape index (κ1) is 15.9. The third-order valence-corrected chi connectivity index (χ3v) is 3.11. The van der Waals surface area contributed by atoms with Gasteiger partial charge in [-0.15, -0.1) is 0 Å². The number of methoxy groups -OCH3 is 1. The van der Waals surface area contributed by atoms with Gasteiger partial charge in [0.25, 0.3) is 0 Å². The average molecular weight is 271 g/mol. The second-order valence-electron chi connectivity index (χ2n) is 4.71. The molecule has 1 saturated heterocycles. The fourth-order valence-corrected chi connectivity index (χ4v) is 2.03. The molecule has 19 heavy (non-hydrogen) atoms. The standard InChI is InChI=1S/C13H25N3O3/c1-19-10-4-6-15-12(17)11-14-7-5-13(18)16-8-2-3-9-16/h14H,2-11H2,1H3,(H,15,17). The van der Waals surface area contributed by atoms with Crippen LogP contribution >= 0.6 is 0 Å². The molecule has 0 aromatic rings. The molecule has 0 atom stereocenters. The molecule has 1 heterocycles. The Morgan fingerprint density at radius 3 is 2.63 bits per heavy atom. The molecule has 0 unspecified atom stereocenters. The van der Waals surface area contributed by atoms with Gasteiger partial charge in [0.1, 0.15) is 0 Å². The second-order valence-corrected chi connectivity index (χ2v) is 4.71. The van der Waals surface area contributed by atoms with E-state index < -0.39 is 0 Å². The predicted molar refractivity (Wildman–Crippen MR) is 72.8 cm³/mol. The highest BCUT2D eigenvalue weighted by molar-refractivity contribution is 5.78. The molecule has 0 bridgehead atoms. The summed E-state index contributed by atoms with van der Waals surface area (Å²) in [6, 6.07) is 0. The molecule has 6 nitrogen and oxygen atoms in total. The van der Waals surface area contributed by atoms with Crippen LogP contribution in [0.1, 0.15) is 25.7 Å². The Kier molecular flexibility index (Phi) is 8.16. The first-order valence-electron chi connectivity index (χ1n) is 6.98. The summed E-state index contributed by atoms with van der Waals surface area (Å²) < 4.78 is 4.89. The fourth-order valence-electron chi connectivity index (χ4n) is 2.03. The van der Waals surface area contributed by atoms with Gasteiger partial charge in [-0.1, -0.05) is 0 Å². The quantitative estimate of drug-likeness (QED) is 0.567. The van der Waals surface area contributed by atoms with E-state index >= 15 is 0 Å². The van der Waals surface area contributed by atoms with E-state index in [1.165, 1.54) is 0 Å². The van der Waals surface area contributed by atoms with Crippen molar-refractivity contribution in [2.45, 2.75) is 25.7 Å². The van der Waals surface area contributed by atoms with Crippen LogP contribution in [-0.4, -0.2) is 63.2 Å². The molecule has 0 saturated carbocycles. The van der Waals surface area contributed by atoms with Crippen molar-refractivity contribution in [3.8, 4) is 0 Å². The molecule has 2 amide bonds. The lowest BCUT2D eigenvalue weighted by atomic mass is 10.3. The van der Waals surface area contributed by atoms with Gasteiger partial charge in [0.15, 0.2) is 0 Å². The van der Waals surface area contributed by atoms with Gasteiger partial charge < -0.3 is 20.3 Å². The number of nitrogens with zero attached hydrogens (tertiary/aromatic N) is 1. The topological polar surface area (TPSA) is 70.7 Å². The summed E-state index contributed by atoms with van der Waals surface area (Å²) in [6.45, 7) is 3.87. The number of ether oxygens (including phenoxy) is 1. The maximum atomic E-state index is 11.7. The van der Waals surface area contributed by atoms with E-state index in [1.807, 2.05) is 4.90 Å². The lowest BCUT2D eigenvalue weighted by Gasteiger charge is -2.15. The van der Waals surface area contributed by atoms with E-state index in [0.717, 1.165) is 32.4 Å². The zero-order valence-electron chi connectivity index (χ0n) is 11.7. The van der Waals surface area contributed by atoms with E-state index in [2.05, 4.69) is 10.6 Å². The van der Waals surface area contributed by atoms with E-state index in [4.69, 9.17) is 4.74 Å². The molecule has 0 aliphatic carbocycles. The lowest BCUT2D eigenvalue weighted by Crippen LogP contribution is -2.37. The van der Waals surface area contributed by atoms with Gasteiger partial charge in [-0.2, -0.15) is 0 Å². The summed E-state index contributed by atoms with van der Waals surface area (Å²) in [7, 11) is 1.64. The molecule has 6 heteroatoms. The van der Waals surface area contributed by atoms with Crippen molar-refractivity contribution in [2.75, 3.05) is 46.4 Å². The van der Waals surface area contributed by atoms with Crippen LogP contribution in [0.15, 0.2) is 0 Å². The number of carbonyl (C=O) groups excluding carboxylic acids is 2. The van der Waals surface area contributed by atoms with Crippen LogP contribution in [0.4, 0.5) is 0 Å². The number of amides is 2. The maximum Gasteiger partial charge on any atom is 0.233 e. The molecular weight excluding hydrogens is 246 g/mol. The summed E-state index contributed by atoms with van der Waals surface area (Å²) in [5.41, 5.74) is 0. The molecule has 110 valence electrons. The Morgan fingerprint density at radius 1 is 1.21 bits per heavy atom. The van der Waals surface area contributed by atoms with E-state index in [0.29, 0.717) is 26.1 Å². The number of nitrogens with one attached hydrogen (secondary N) is 2. The first-order chi connectivity index (χ1) is 9.24. The summed E-state index contributed by atoms with van der Waals surface area (Å²) in [5, 5.41) is 5.77. The van der Waals surface area contributed by atoms with Gasteiger partial charge in [0, 0.05) is 46.3 Å². The second kappa shape index (κ2) is 9.75. The van der Waals surface area contributed by atoms with Crippen molar-refractivity contribution >= 4 is 11.8 Å². The molecule has 1 aliphatic heterocycles. The van der Waals surface area contributed by atoms with Crippen LogP contribution < -0.4 is 10.6 Å². The molecule has 0 aromatic heterocycles. The average Bonchev–Trinajstić information content (AvgIpc) is 2.93. The van der Waals surface area contributed by atoms with Gasteiger partial charge >= 0.3 is 0 Å². The van der Waals surface area contributed by atoms with Gasteiger partial charge in [0.2, 0.25) is 11.8 Å². The van der Waals surface area contributed by atoms with Crippen LogP contribution in [-0.2, 0) is 14.3 Å². The molecular formula is C13H25N3O3. The SMILES string of the molecule is COCCCNC(=O)CNCCC(=O)N1CCCC1. The molecule has 1 fully saturated rings. The largest absolute Gasteiger partial charge is 0.385 e. The Morgan fingerprint density at radius 2 is 1.95 bits per heavy atom. The van der Waals surface area contributed by atoms with Crippen molar-refractivity contribution < 1.29 is 14.3 Å². The van der Waals surface area contributed by atoms with E-state index in [1.54, 1.807) is 7.11 Å². The Balaban J connectivity index is 1.94. The van der Waals surface area contributed by atoms with Gasteiger partial charge in [0.05, 0.1) is 6.54 Å². The number of rotatable bonds is 9. The third kappa shape index (κ3) is 7.12. The molecule has 0 aromatic carbocycles. The minimum atomic E-state index is -0.0373. The highest BCUT2D eigenvalue weighted by Gasteiger charge is 2.16. The van der Waals surface area contributed by atoms with Gasteiger partial charge in [-0.3, -0.25) is 9.59 Å². The van der Waals surface area contributed by atoms with Crippen LogP contribution in [0.25, 0.3) is 0 Å². The highest BCUT2D eigenvalue weighted by Crippen LogP contribution is 2.08. The minimum Gasteiger partial charge on any atom is -0.385 e. The molecule has 0 radical (unpaired) electrons. The van der Waals surface area contributed by atoms with Crippen LogP contribution in [0.5, 0.6) is 0 Å². The third-order valence-electron chi connectivity index (χ3n) is 3.11. The zero-order chi connectivity index (χ0) is 13.9. The molecule has 0 spiro atoms. The smallest absolute Gasteiger partial charge is 0.233 e. The van der Waals surface area contributed by atoms with Crippen LogP contribution in [0.3, 0.4) is 0 Å². The normalized spacial score (nSPS) is 14.7. The molecule has 1 aliphatic rings. The first-order valence-corrected chi connectivity index (χ1v) is 6.98. The minimum absolute atomic E-state index is 0.0373. The molecule has 2 N–H and O–H groups in total. The number of hydrogen-bond acceptors (Lipinski definition) is 4. The summed E-state index contributed by atoms with van der Waals surface area (Å²) in [4.78, 5) is 25.0. The van der Waals surface area contributed by atoms with Gasteiger partial charge in [-0.25, -0.2) is 0 Å². The fraction of sp³-hybridized carbons (Fsp3) is 0.846. The summed E-state index contributed by atoms with van der Waals surface area (Å²) in [6.07, 6.45) is 3.51. The summed E-state index contributed by atoms with van der Waals surface area (Å²) >= 11 is 0. The van der Waals surface area contributed by atoms with Gasteiger partial charge in [-0.05, 0) is 19.3 Å². The number of hydrogen-bond donors (Lipinski definition) is 2. The highest BCUT2D eigenvalue weighted by atomic mass is 16.5. The van der Waals surface area contributed by atoms with Crippen molar-refractivity contribution in [3.63, 3.8) is 0 Å². The van der Waals surface area contributed by atoms with Crippen LogP contribution in [0, 0.1) is 0 Å². The number of likely N-dealkylation sites (tertiary alicyclic amines) is 1. The Hall–Kier alpha value is -1.14. The van der Waals surface area contributed by atoms with Crippen molar-refractivity contribution in [2.24, 2.45) is 0 Å². The maximum absolute atomic E-state index is 11.7. The van der Waals surface area contributed by atoms with E-state index in [-0.39, 0.29) is 18.4 Å². The van der Waals surface area contributed by atoms with E-state index in [9.17, 15) is 9.59 Å². The zero-order valence-corrected chi connectivity index (χ0v) is 11.7. The predicted octanol–water partition coefficient (Wildman–Crippen LogP) is -0.259. The van der Waals surface area contributed by atoms with Crippen molar-refractivity contribution in [1.82, 2.24) is 15.5 Å². The Bertz CT molecular complexity index is 278. The van der Waals surface area contributed by atoms with Crippen molar-refractivity contribution in [3.05, 3.63) is 0 Å². The lowest BCUT2D eigenvalue weighted by molar-refractivity contribution is -0.130. The summed E-state index contributed by atoms with van der Waals surface area (Å²) in [5.74, 6) is 0.148. The number of carbonyl (C=O) groups is 2.